The first-order valence-electron chi connectivity index (χ1n) is 7.96. The van der Waals surface area contributed by atoms with E-state index in [1.165, 1.54) is 41.2 Å². The molecule has 0 bridgehead atoms. The molecule has 0 radical (unpaired) electrons. The number of carbonyl (C=O) groups excluding carboxylic acids is 1. The molecule has 27 heavy (non-hydrogen) atoms. The number of hydrogen-bond acceptors (Lipinski definition) is 2. The van der Waals surface area contributed by atoms with E-state index in [-0.39, 0.29) is 28.1 Å². The van der Waals surface area contributed by atoms with Crippen molar-refractivity contribution in [3.63, 3.8) is 0 Å². The summed E-state index contributed by atoms with van der Waals surface area (Å²) in [6.07, 6.45) is -3.19. The van der Waals surface area contributed by atoms with E-state index in [1.54, 1.807) is 19.2 Å². The number of aryl methyl sites for hydroxylation is 1. The van der Waals surface area contributed by atoms with E-state index in [1.807, 2.05) is 0 Å². The zero-order valence-electron chi connectivity index (χ0n) is 14.2. The zero-order valence-corrected chi connectivity index (χ0v) is 14.2. The number of para-hydroxylation sites is 1. The van der Waals surface area contributed by atoms with Crippen LogP contribution in [0.5, 0.6) is 0 Å². The van der Waals surface area contributed by atoms with Crippen LogP contribution in [0, 0.1) is 0 Å². The van der Waals surface area contributed by atoms with Crippen molar-refractivity contribution < 1.29 is 22.4 Å². The number of rotatable bonds is 4. The molecule has 0 saturated heterocycles. The Morgan fingerprint density at radius 2 is 1.70 bits per heavy atom. The Morgan fingerprint density at radius 1 is 1.07 bits per heavy atom. The zero-order chi connectivity index (χ0) is 19.6. The highest BCUT2D eigenvalue weighted by molar-refractivity contribution is 6.07. The van der Waals surface area contributed by atoms with Crippen molar-refractivity contribution in [3.8, 4) is 11.1 Å². The third-order valence-electron chi connectivity index (χ3n) is 3.97. The Labute approximate surface area is 152 Å². The maximum absolute atomic E-state index is 13.4. The van der Waals surface area contributed by atoms with Crippen molar-refractivity contribution in [1.82, 2.24) is 9.78 Å². The van der Waals surface area contributed by atoms with E-state index >= 15 is 0 Å². The number of hydrogen-bond donors (Lipinski definition) is 1. The van der Waals surface area contributed by atoms with Gasteiger partial charge >= 0.3 is 6.18 Å². The molecule has 140 valence electrons. The molecule has 0 atom stereocenters. The lowest BCUT2D eigenvalue weighted by Gasteiger charge is -2.16. The largest absolute Gasteiger partial charge is 0.417 e. The minimum atomic E-state index is -4.54. The Bertz CT molecular complexity index is 979. The van der Waals surface area contributed by atoms with Gasteiger partial charge in [-0.05, 0) is 17.7 Å². The third-order valence-corrected chi connectivity index (χ3v) is 3.97. The fourth-order valence-corrected chi connectivity index (χ4v) is 2.80. The van der Waals surface area contributed by atoms with Crippen molar-refractivity contribution in [2.45, 2.75) is 12.9 Å². The average Bonchev–Trinajstić information content (AvgIpc) is 3.02. The van der Waals surface area contributed by atoms with Crippen LogP contribution in [0.15, 0.2) is 54.7 Å². The van der Waals surface area contributed by atoms with Gasteiger partial charge in [-0.15, -0.1) is 0 Å². The van der Waals surface area contributed by atoms with Gasteiger partial charge in [-0.2, -0.15) is 18.3 Å². The molecular weight excluding hydrogens is 362 g/mol. The number of nitrogens with one attached hydrogen (secondary N) is 1. The van der Waals surface area contributed by atoms with Crippen LogP contribution in [-0.2, 0) is 19.9 Å². The molecule has 0 fully saturated rings. The Hall–Kier alpha value is -3.16. The molecule has 0 aliphatic carbocycles. The van der Waals surface area contributed by atoms with Gasteiger partial charge in [-0.1, -0.05) is 36.4 Å². The SMILES string of the molecule is Cn1cc(C(=O)Nc2ccccc2-c2ccccc2C(F)(F)F)c(CF)n1. The summed E-state index contributed by atoms with van der Waals surface area (Å²) < 4.78 is 54.4. The highest BCUT2D eigenvalue weighted by Gasteiger charge is 2.33. The van der Waals surface area contributed by atoms with Crippen LogP contribution in [0.4, 0.5) is 23.2 Å². The number of carbonyl (C=O) groups is 1. The lowest BCUT2D eigenvalue weighted by molar-refractivity contribution is -0.137. The highest BCUT2D eigenvalue weighted by Crippen LogP contribution is 2.39. The summed E-state index contributed by atoms with van der Waals surface area (Å²) >= 11 is 0. The standard InChI is InChI=1S/C19H15F4N3O/c1-26-11-14(17(10-20)25-26)18(27)24-16-9-5-3-7-13(16)12-6-2-4-8-15(12)19(21,22)23/h2-9,11H,10H2,1H3,(H,24,27). The molecule has 2 aromatic carbocycles. The predicted octanol–water partition coefficient (Wildman–Crippen LogP) is 4.83. The van der Waals surface area contributed by atoms with Gasteiger partial charge < -0.3 is 5.32 Å². The van der Waals surface area contributed by atoms with Crippen LogP contribution in [0.1, 0.15) is 21.6 Å². The second kappa shape index (κ2) is 7.22. The monoisotopic (exact) mass is 377 g/mol. The molecule has 8 heteroatoms. The van der Waals surface area contributed by atoms with Gasteiger partial charge in [-0.3, -0.25) is 9.48 Å². The summed E-state index contributed by atoms with van der Waals surface area (Å²) in [7, 11) is 1.55. The molecular formula is C19H15F4N3O. The second-order valence-electron chi connectivity index (χ2n) is 5.84. The first kappa shape index (κ1) is 18.6. The third kappa shape index (κ3) is 3.84. The Kier molecular flexibility index (Phi) is 4.98. The van der Waals surface area contributed by atoms with Gasteiger partial charge in [0.2, 0.25) is 0 Å². The number of amides is 1. The van der Waals surface area contributed by atoms with E-state index < -0.39 is 24.3 Å². The molecule has 3 aromatic rings. The normalized spacial score (nSPS) is 11.4. The van der Waals surface area contributed by atoms with Crippen LogP contribution in [0.25, 0.3) is 11.1 Å². The number of anilines is 1. The summed E-state index contributed by atoms with van der Waals surface area (Å²) in [5.74, 6) is -0.646. The average molecular weight is 377 g/mol. The highest BCUT2D eigenvalue weighted by atomic mass is 19.4. The summed E-state index contributed by atoms with van der Waals surface area (Å²) in [6.45, 7) is -0.928. The quantitative estimate of drug-likeness (QED) is 0.662. The summed E-state index contributed by atoms with van der Waals surface area (Å²) in [5.41, 5.74) is -0.477. The molecule has 0 saturated carbocycles. The number of alkyl halides is 4. The lowest BCUT2D eigenvalue weighted by atomic mass is 9.97. The van der Waals surface area contributed by atoms with Crippen LogP contribution in [-0.4, -0.2) is 15.7 Å². The van der Waals surface area contributed by atoms with Gasteiger partial charge in [0.1, 0.15) is 12.4 Å². The molecule has 0 spiro atoms. The minimum Gasteiger partial charge on any atom is -0.321 e. The fraction of sp³-hybridized carbons (Fsp3) is 0.158. The minimum absolute atomic E-state index is 0.0268. The van der Waals surface area contributed by atoms with Crippen molar-refractivity contribution in [1.29, 1.82) is 0 Å². The molecule has 3 rings (SSSR count). The van der Waals surface area contributed by atoms with Crippen LogP contribution in [0.2, 0.25) is 0 Å². The van der Waals surface area contributed by atoms with Gasteiger partial charge in [0.15, 0.2) is 0 Å². The number of aromatic nitrogens is 2. The topological polar surface area (TPSA) is 46.9 Å². The lowest BCUT2D eigenvalue weighted by Crippen LogP contribution is -2.14. The van der Waals surface area contributed by atoms with E-state index in [2.05, 4.69) is 10.4 Å². The molecule has 1 heterocycles. The first-order valence-corrected chi connectivity index (χ1v) is 7.96. The van der Waals surface area contributed by atoms with E-state index in [4.69, 9.17) is 0 Å². The van der Waals surface area contributed by atoms with Crippen LogP contribution < -0.4 is 5.32 Å². The van der Waals surface area contributed by atoms with E-state index in [0.29, 0.717) is 0 Å². The van der Waals surface area contributed by atoms with Gasteiger partial charge in [0.05, 0.1) is 11.1 Å². The second-order valence-corrected chi connectivity index (χ2v) is 5.84. The smallest absolute Gasteiger partial charge is 0.321 e. The van der Waals surface area contributed by atoms with Gasteiger partial charge in [-0.25, -0.2) is 4.39 Å². The van der Waals surface area contributed by atoms with E-state index in [9.17, 15) is 22.4 Å². The van der Waals surface area contributed by atoms with Crippen molar-refractivity contribution >= 4 is 11.6 Å². The molecule has 1 amide bonds. The molecule has 0 unspecified atom stereocenters. The number of benzene rings is 2. The maximum Gasteiger partial charge on any atom is 0.417 e. The first-order chi connectivity index (χ1) is 12.8. The summed E-state index contributed by atoms with van der Waals surface area (Å²) in [5, 5.41) is 6.42. The molecule has 4 nitrogen and oxygen atoms in total. The van der Waals surface area contributed by atoms with Gasteiger partial charge in [0, 0.05) is 24.5 Å². The Morgan fingerprint density at radius 3 is 2.37 bits per heavy atom. The van der Waals surface area contributed by atoms with Crippen LogP contribution in [0.3, 0.4) is 0 Å². The fourth-order valence-electron chi connectivity index (χ4n) is 2.80. The van der Waals surface area contributed by atoms with Crippen molar-refractivity contribution in [2.75, 3.05) is 5.32 Å². The van der Waals surface area contributed by atoms with Crippen LogP contribution >= 0.6 is 0 Å². The number of halogens is 4. The van der Waals surface area contributed by atoms with Crippen molar-refractivity contribution in [3.05, 3.63) is 71.5 Å². The Balaban J connectivity index is 2.02. The predicted molar refractivity (Wildman–Crippen MR) is 92.9 cm³/mol. The van der Waals surface area contributed by atoms with E-state index in [0.717, 1.165) is 6.07 Å². The summed E-state index contributed by atoms with van der Waals surface area (Å²) in [6, 6.07) is 11.3. The van der Waals surface area contributed by atoms with Crippen molar-refractivity contribution in [2.24, 2.45) is 7.05 Å². The summed E-state index contributed by atoms with van der Waals surface area (Å²) in [4.78, 5) is 12.5. The molecule has 1 N–H and O–H groups in total. The maximum atomic E-state index is 13.4. The van der Waals surface area contributed by atoms with Gasteiger partial charge in [0.25, 0.3) is 5.91 Å². The molecule has 0 aliphatic heterocycles. The number of nitrogens with zero attached hydrogens (tertiary/aromatic N) is 2. The molecule has 1 aromatic heterocycles. The molecule has 0 aliphatic rings.